The number of nitrogens with zero attached hydrogens (tertiary/aromatic N) is 6. The quantitative estimate of drug-likeness (QED) is 0.0688. The van der Waals surface area contributed by atoms with E-state index in [-0.39, 0.29) is 11.4 Å². The molecule has 7 rings (SSSR count). The van der Waals surface area contributed by atoms with Gasteiger partial charge in [0.1, 0.15) is 0 Å². The van der Waals surface area contributed by atoms with Crippen LogP contribution < -0.4 is 20.1 Å². The highest BCUT2D eigenvalue weighted by molar-refractivity contribution is 6.36. The summed E-state index contributed by atoms with van der Waals surface area (Å²) in [6, 6.07) is 27.6. The number of hydrogen-bond donors (Lipinski definition) is 1. The van der Waals surface area contributed by atoms with Crippen LogP contribution in [0.25, 0.3) is 0 Å². The molecular weight excluding hydrogens is 1010 g/mol. The van der Waals surface area contributed by atoms with Crippen LogP contribution in [0.3, 0.4) is 0 Å². The van der Waals surface area contributed by atoms with Crippen molar-refractivity contribution in [1.82, 2.24) is 19.8 Å². The smallest absolute Gasteiger partial charge is 0.212 e. The van der Waals surface area contributed by atoms with Crippen LogP contribution in [0.15, 0.2) is 109 Å². The third-order valence-electron chi connectivity index (χ3n) is 10.1. The van der Waals surface area contributed by atoms with Crippen molar-refractivity contribution in [2.75, 3.05) is 63.5 Å². The van der Waals surface area contributed by atoms with Gasteiger partial charge in [0.25, 0.3) is 0 Å². The molecule has 0 bridgehead atoms. The number of ether oxygens (including phenoxy) is 2. The second kappa shape index (κ2) is 28.7. The van der Waals surface area contributed by atoms with Crippen LogP contribution in [0.1, 0.15) is 47.0 Å². The molecule has 1 saturated heterocycles. The zero-order valence-corrected chi connectivity index (χ0v) is 41.8. The number of rotatable bonds is 13. The summed E-state index contributed by atoms with van der Waals surface area (Å²) in [4.78, 5) is 14.9. The van der Waals surface area contributed by atoms with E-state index in [1.54, 1.807) is 69.1 Å². The molecule has 0 radical (unpaired) electrons. The summed E-state index contributed by atoms with van der Waals surface area (Å²) < 4.78 is 63.5. The van der Waals surface area contributed by atoms with Crippen LogP contribution in [0.5, 0.6) is 11.8 Å². The van der Waals surface area contributed by atoms with Gasteiger partial charge < -0.3 is 20.1 Å². The number of nitriles is 1. The number of halogens is 10. The minimum absolute atomic E-state index is 0.0453. The Bertz CT molecular complexity index is 2540. The molecule has 19 heteroatoms. The molecule has 2 unspecified atom stereocenters. The maximum absolute atomic E-state index is 13.7. The summed E-state index contributed by atoms with van der Waals surface area (Å²) in [5.41, 5.74) is 10.1. The first kappa shape index (κ1) is 55.8. The SMILES string of the molecule is CCC#N.COc1ccc(C(Cl)CN(CCCl)Cc2ccc(F)c(F)c2)cn1.COc1ccc(C2CN(Cc3ccc(F)c(F)c3)CCN2c2ccc(Cl)cc2Cl)cn1.Nc1ccc(Cl)cc1Cl. The van der Waals surface area contributed by atoms with E-state index < -0.39 is 23.3 Å². The number of piperazine rings is 1. The molecule has 6 aromatic rings. The minimum Gasteiger partial charge on any atom is -0.481 e. The number of benzene rings is 4. The van der Waals surface area contributed by atoms with E-state index in [2.05, 4.69) is 19.8 Å². The summed E-state index contributed by atoms with van der Waals surface area (Å²) in [5.74, 6) is -1.93. The van der Waals surface area contributed by atoms with Gasteiger partial charge in [0.05, 0.1) is 53.1 Å². The van der Waals surface area contributed by atoms with E-state index in [0.29, 0.717) is 94.7 Å². The molecule has 4 aromatic carbocycles. The lowest BCUT2D eigenvalue weighted by atomic mass is 10.0. The topological polar surface area (TPSA) is 104 Å². The van der Waals surface area contributed by atoms with Crippen molar-refractivity contribution >= 4 is 81.0 Å². The predicted molar refractivity (Wildman–Crippen MR) is 267 cm³/mol. The van der Waals surface area contributed by atoms with Crippen molar-refractivity contribution in [3.8, 4) is 17.8 Å². The number of aromatic nitrogens is 2. The molecule has 362 valence electrons. The first-order valence-corrected chi connectivity index (χ1v) is 23.4. The molecule has 0 amide bonds. The molecule has 3 heterocycles. The third kappa shape index (κ3) is 17.6. The van der Waals surface area contributed by atoms with Gasteiger partial charge in [-0.15, -0.1) is 23.2 Å². The van der Waals surface area contributed by atoms with Crippen molar-refractivity contribution in [3.63, 3.8) is 0 Å². The number of nitrogen functional groups attached to an aromatic ring is 1. The largest absolute Gasteiger partial charge is 0.481 e. The molecule has 2 aromatic heterocycles. The normalized spacial score (nSPS) is 13.7. The van der Waals surface area contributed by atoms with E-state index in [1.165, 1.54) is 18.2 Å². The Morgan fingerprint density at radius 2 is 1.35 bits per heavy atom. The van der Waals surface area contributed by atoms with Gasteiger partial charge in [0.15, 0.2) is 23.3 Å². The van der Waals surface area contributed by atoms with Gasteiger partial charge >= 0.3 is 0 Å². The van der Waals surface area contributed by atoms with Crippen molar-refractivity contribution in [1.29, 1.82) is 5.26 Å². The van der Waals surface area contributed by atoms with Gasteiger partial charge in [0, 0.05) is 92.7 Å². The number of methoxy groups -OCH3 is 2. The van der Waals surface area contributed by atoms with Crippen LogP contribution in [0, 0.1) is 34.6 Å². The Balaban J connectivity index is 0.000000239. The third-order valence-corrected chi connectivity index (χ3v) is 11.7. The molecule has 0 saturated carbocycles. The molecule has 1 fully saturated rings. The maximum Gasteiger partial charge on any atom is 0.212 e. The van der Waals surface area contributed by atoms with E-state index >= 15 is 0 Å². The van der Waals surface area contributed by atoms with Gasteiger partial charge in [-0.2, -0.15) is 5.26 Å². The van der Waals surface area contributed by atoms with E-state index in [1.807, 2.05) is 48.2 Å². The Labute approximate surface area is 424 Å². The lowest BCUT2D eigenvalue weighted by Crippen LogP contribution is -2.48. The second-order valence-corrected chi connectivity index (χ2v) is 17.5. The summed E-state index contributed by atoms with van der Waals surface area (Å²) in [5, 5.41) is 9.58. The molecule has 9 nitrogen and oxygen atoms in total. The second-order valence-electron chi connectivity index (χ2n) is 14.9. The first-order chi connectivity index (χ1) is 32.6. The standard InChI is InChI=1S/C23H21Cl2F2N3O.C17H18Cl2F2N2O.C6H5Cl2N.C3H5N/c1-31-23-7-3-16(12-28-23)22-14-29(13-15-2-5-19(26)20(27)10-15)8-9-30(22)21-6-4-17(24)11-18(21)25;1-24-17-5-3-13(9-22-17)14(19)11-23(7-6-18)10-12-2-4-15(20)16(21)8-12;7-4-1-2-6(9)5(8)3-4;1-2-3-4/h2-7,10-12,22H,8-9,13-14H2,1H3;2-5,8-9,14H,6-7,10-11H2,1H3;1-3H,9H2;2H2,1H3. The van der Waals surface area contributed by atoms with E-state index in [0.717, 1.165) is 35.0 Å². The highest BCUT2D eigenvalue weighted by atomic mass is 35.5. The number of alkyl halides is 2. The Morgan fingerprint density at radius 1 is 0.765 bits per heavy atom. The fourth-order valence-corrected chi connectivity index (χ4v) is 8.15. The molecule has 0 spiro atoms. The van der Waals surface area contributed by atoms with Crippen molar-refractivity contribution in [2.24, 2.45) is 0 Å². The zero-order chi connectivity index (χ0) is 49.8. The number of pyridine rings is 2. The fraction of sp³-hybridized carbons (Fsp3) is 0.286. The Morgan fingerprint density at radius 3 is 1.87 bits per heavy atom. The molecule has 68 heavy (non-hydrogen) atoms. The number of nitrogens with two attached hydrogens (primary N) is 1. The summed E-state index contributed by atoms with van der Waals surface area (Å²) in [7, 11) is 3.12. The lowest BCUT2D eigenvalue weighted by Gasteiger charge is -2.43. The Hall–Kier alpha value is -4.75. The summed E-state index contributed by atoms with van der Waals surface area (Å²) in [6.45, 7) is 5.93. The highest BCUT2D eigenvalue weighted by Gasteiger charge is 2.30. The summed E-state index contributed by atoms with van der Waals surface area (Å²) >= 11 is 36.1. The number of hydrogen-bond acceptors (Lipinski definition) is 9. The molecule has 2 N–H and O–H groups in total. The van der Waals surface area contributed by atoms with Gasteiger partial charge in [0.2, 0.25) is 11.8 Å². The maximum atomic E-state index is 13.7. The van der Waals surface area contributed by atoms with Crippen molar-refractivity contribution in [3.05, 3.63) is 175 Å². The first-order valence-electron chi connectivity index (χ1n) is 20.9. The molecular formula is C49H49Cl6F4N7O2. The van der Waals surface area contributed by atoms with Crippen molar-refractivity contribution in [2.45, 2.75) is 37.9 Å². The van der Waals surface area contributed by atoms with Crippen LogP contribution in [0.2, 0.25) is 20.1 Å². The lowest BCUT2D eigenvalue weighted by molar-refractivity contribution is 0.215. The highest BCUT2D eigenvalue weighted by Crippen LogP contribution is 2.37. The zero-order valence-electron chi connectivity index (χ0n) is 37.3. The van der Waals surface area contributed by atoms with Gasteiger partial charge in [-0.3, -0.25) is 9.80 Å². The van der Waals surface area contributed by atoms with Gasteiger partial charge in [-0.05, 0) is 82.9 Å². The summed E-state index contributed by atoms with van der Waals surface area (Å²) in [6.07, 6.45) is 4.08. The minimum atomic E-state index is -0.861. The van der Waals surface area contributed by atoms with Crippen molar-refractivity contribution < 1.29 is 27.0 Å². The predicted octanol–water partition coefficient (Wildman–Crippen LogP) is 13.6. The molecule has 1 aliphatic heterocycles. The average Bonchev–Trinajstić information content (AvgIpc) is 3.33. The van der Waals surface area contributed by atoms with Gasteiger partial charge in [-0.25, -0.2) is 27.5 Å². The van der Waals surface area contributed by atoms with E-state index in [9.17, 15) is 17.6 Å². The van der Waals surface area contributed by atoms with Crippen LogP contribution in [-0.2, 0) is 13.1 Å². The monoisotopic (exact) mass is 1050 g/mol. The molecule has 0 aliphatic carbocycles. The van der Waals surface area contributed by atoms with Crippen LogP contribution in [-0.4, -0.2) is 72.6 Å². The molecule has 1 aliphatic rings. The average molecular weight is 1060 g/mol. The van der Waals surface area contributed by atoms with Crippen LogP contribution in [0.4, 0.5) is 28.9 Å². The fourth-order valence-electron chi connectivity index (χ4n) is 6.66. The van der Waals surface area contributed by atoms with Crippen LogP contribution >= 0.6 is 69.6 Å². The Kier molecular flexibility index (Phi) is 23.5. The van der Waals surface area contributed by atoms with E-state index in [4.69, 9.17) is 90.1 Å². The number of anilines is 2. The van der Waals surface area contributed by atoms with Gasteiger partial charge in [-0.1, -0.05) is 77.6 Å². The molecule has 2 atom stereocenters.